The van der Waals surface area contributed by atoms with Crippen LogP contribution in [0.1, 0.15) is 94.9 Å². The van der Waals surface area contributed by atoms with E-state index in [4.69, 9.17) is 0 Å². The number of unbranched alkanes of at least 4 members (excludes halogenated alkanes) is 1. The summed E-state index contributed by atoms with van der Waals surface area (Å²) in [6.07, 6.45) is 3.81. The summed E-state index contributed by atoms with van der Waals surface area (Å²) in [7, 11) is 0. The maximum absolute atomic E-state index is 11.0. The highest BCUT2D eigenvalue weighted by molar-refractivity contribution is 5.80. The summed E-state index contributed by atoms with van der Waals surface area (Å²) in [6.45, 7) is 19.5. The number of hydrogen-bond donors (Lipinski definition) is 4. The van der Waals surface area contributed by atoms with Gasteiger partial charge in [0.2, 0.25) is 24.1 Å². The lowest BCUT2D eigenvalue weighted by Crippen LogP contribution is -2.38. The summed E-state index contributed by atoms with van der Waals surface area (Å²) in [5, 5.41) is 10.4. The van der Waals surface area contributed by atoms with E-state index in [1.54, 1.807) is 20.8 Å². The smallest absolute Gasteiger partial charge is 0.293 e. The monoisotopic (exact) mass is 532 g/mol. The lowest BCUT2D eigenvalue weighted by molar-refractivity contribution is -0.132. The normalized spacial score (nSPS) is 10.9. The van der Waals surface area contributed by atoms with E-state index >= 15 is 0 Å². The minimum Gasteiger partial charge on any atom is -0.465 e. The van der Waals surface area contributed by atoms with Gasteiger partial charge in [-0.3, -0.25) is 24.0 Å². The number of rotatable bonds is 14. The third kappa shape index (κ3) is 46.9. The molecule has 0 aromatic carbocycles. The minimum atomic E-state index is -0.242. The Hall–Kier alpha value is -2.98. The van der Waals surface area contributed by atoms with Gasteiger partial charge in [0.15, 0.2) is 0 Å². The molecule has 2 atom stereocenters. The first-order valence-corrected chi connectivity index (χ1v) is 12.7. The van der Waals surface area contributed by atoms with Gasteiger partial charge in [0.1, 0.15) is 5.78 Å². The summed E-state index contributed by atoms with van der Waals surface area (Å²) < 4.78 is 4.36. The molecule has 0 rings (SSSR count). The Morgan fingerprint density at radius 3 is 1.73 bits per heavy atom. The van der Waals surface area contributed by atoms with Crippen molar-refractivity contribution in [3.63, 3.8) is 0 Å². The Kier molecular flexibility index (Phi) is 32.5. The predicted molar refractivity (Wildman–Crippen MR) is 146 cm³/mol. The first-order valence-electron chi connectivity index (χ1n) is 12.7. The van der Waals surface area contributed by atoms with Crippen molar-refractivity contribution in [1.82, 2.24) is 21.3 Å². The van der Waals surface area contributed by atoms with Crippen molar-refractivity contribution < 1.29 is 33.5 Å². The molecule has 218 valence electrons. The van der Waals surface area contributed by atoms with E-state index < -0.39 is 0 Å². The highest BCUT2D eigenvalue weighted by Crippen LogP contribution is 1.98. The molecular formula is C26H52N4O7. The zero-order valence-corrected chi connectivity index (χ0v) is 24.6. The number of ketones is 1. The van der Waals surface area contributed by atoms with E-state index in [1.165, 1.54) is 13.8 Å². The molecule has 0 aromatic heterocycles. The highest BCUT2D eigenvalue weighted by Gasteiger charge is 2.07. The van der Waals surface area contributed by atoms with Crippen LogP contribution < -0.4 is 21.3 Å². The molecule has 0 aliphatic heterocycles. The van der Waals surface area contributed by atoms with Gasteiger partial charge in [-0.1, -0.05) is 27.2 Å². The number of ether oxygens (including phenoxy) is 1. The Morgan fingerprint density at radius 2 is 1.43 bits per heavy atom. The fourth-order valence-corrected chi connectivity index (χ4v) is 1.99. The molecule has 0 bridgehead atoms. The van der Waals surface area contributed by atoms with E-state index in [-0.39, 0.29) is 42.2 Å². The molecule has 11 nitrogen and oxygen atoms in total. The summed E-state index contributed by atoms with van der Waals surface area (Å²) in [4.78, 5) is 61.6. The van der Waals surface area contributed by atoms with Gasteiger partial charge in [0.25, 0.3) is 6.47 Å². The van der Waals surface area contributed by atoms with Crippen LogP contribution in [-0.4, -0.2) is 67.7 Å². The summed E-state index contributed by atoms with van der Waals surface area (Å²) in [5.41, 5.74) is 0. The van der Waals surface area contributed by atoms with Gasteiger partial charge in [-0.15, -0.1) is 0 Å². The second-order valence-corrected chi connectivity index (χ2v) is 9.06. The van der Waals surface area contributed by atoms with Crippen LogP contribution in [0.5, 0.6) is 0 Å². The quantitative estimate of drug-likeness (QED) is 0.197. The molecule has 2 unspecified atom stereocenters. The molecule has 0 saturated heterocycles. The van der Waals surface area contributed by atoms with Crippen molar-refractivity contribution in [2.45, 2.75) is 113 Å². The number of Topliss-reactive ketones (excluding diaryl/α,β-unsaturated/α-hetero) is 1. The van der Waals surface area contributed by atoms with Gasteiger partial charge >= 0.3 is 0 Å². The minimum absolute atomic E-state index is 0.0199. The first kappa shape index (κ1) is 41.2. The second-order valence-electron chi connectivity index (χ2n) is 9.06. The van der Waals surface area contributed by atoms with Crippen molar-refractivity contribution in [2.24, 2.45) is 5.92 Å². The molecule has 37 heavy (non-hydrogen) atoms. The summed E-state index contributed by atoms with van der Waals surface area (Å²) in [6, 6.07) is 0.252. The zero-order valence-electron chi connectivity index (χ0n) is 24.6. The topological polar surface area (TPSA) is 160 Å². The number of amides is 4. The molecule has 4 N–H and O–H groups in total. The molecule has 0 aliphatic carbocycles. The first-order chi connectivity index (χ1) is 17.1. The van der Waals surface area contributed by atoms with E-state index in [2.05, 4.69) is 46.8 Å². The van der Waals surface area contributed by atoms with Crippen LogP contribution in [0.15, 0.2) is 0 Å². The van der Waals surface area contributed by atoms with Crippen LogP contribution in [0, 0.1) is 5.92 Å². The van der Waals surface area contributed by atoms with Crippen LogP contribution in [0.3, 0.4) is 0 Å². The van der Waals surface area contributed by atoms with Gasteiger partial charge in [-0.2, -0.15) is 0 Å². The molecule has 0 saturated carbocycles. The molecule has 0 fully saturated rings. The number of hydrogen-bond acceptors (Lipinski definition) is 7. The summed E-state index contributed by atoms with van der Waals surface area (Å²) in [5.74, 6) is 0.508. The average molecular weight is 533 g/mol. The molecule has 0 aromatic rings. The van der Waals surface area contributed by atoms with Crippen molar-refractivity contribution in [3.8, 4) is 0 Å². The Morgan fingerprint density at radius 1 is 0.865 bits per heavy atom. The van der Waals surface area contributed by atoms with Crippen LogP contribution in [0.4, 0.5) is 0 Å². The third-order valence-corrected chi connectivity index (χ3v) is 4.35. The fourth-order valence-electron chi connectivity index (χ4n) is 1.99. The van der Waals surface area contributed by atoms with Crippen LogP contribution in [-0.2, 0) is 33.5 Å². The van der Waals surface area contributed by atoms with E-state index in [0.29, 0.717) is 37.7 Å². The van der Waals surface area contributed by atoms with Gasteiger partial charge in [-0.05, 0) is 53.4 Å². The number of carbonyl (C=O) groups excluding carboxylic acids is 6. The Balaban J connectivity index is -0.000000207. The van der Waals surface area contributed by atoms with Crippen molar-refractivity contribution >= 4 is 36.4 Å². The Bertz CT molecular complexity index is 626. The molecule has 4 amide bonds. The molecule has 0 radical (unpaired) electrons. The number of nitrogens with one attached hydrogen (secondary N) is 4. The van der Waals surface area contributed by atoms with Crippen LogP contribution in [0.2, 0.25) is 0 Å². The van der Waals surface area contributed by atoms with Gasteiger partial charge in [0, 0.05) is 38.9 Å². The van der Waals surface area contributed by atoms with E-state index in [0.717, 1.165) is 19.4 Å². The summed E-state index contributed by atoms with van der Waals surface area (Å²) >= 11 is 0. The molecule has 0 aliphatic rings. The van der Waals surface area contributed by atoms with Gasteiger partial charge < -0.3 is 30.8 Å². The van der Waals surface area contributed by atoms with Crippen molar-refractivity contribution in [2.75, 3.05) is 13.1 Å². The lowest BCUT2D eigenvalue weighted by atomic mass is 10.1. The van der Waals surface area contributed by atoms with Gasteiger partial charge in [0.05, 0.1) is 12.6 Å². The SMILES string of the molecule is CC(=O)CCC(C)NC(=O)CNC=O.CC(=O)NC(C)C(C)C.CC(C)OC=O.CCCCNC(C)=O. The molecule has 11 heteroatoms. The standard InChI is InChI=1S/C9H16N2O3.C7H15NO.C6H13NO.C4H8O2/c1-7(3-4-8(2)13)11-9(14)5-10-6-12;1-5(2)6(3)8-7(4)9;1-3-4-5-7-6(2)8;1-4(2)6-3-5/h6-7H,3-5H2,1-2H3,(H,10,12)(H,11,14);5-6H,1-4H3,(H,8,9);3-5H2,1-2H3,(H,7,8);3-4H,1-2H3. The fraction of sp³-hybridized carbons (Fsp3) is 0.769. The van der Waals surface area contributed by atoms with Crippen molar-refractivity contribution in [1.29, 1.82) is 0 Å². The van der Waals surface area contributed by atoms with Gasteiger partial charge in [-0.25, -0.2) is 0 Å². The van der Waals surface area contributed by atoms with E-state index in [1.807, 2.05) is 13.8 Å². The average Bonchev–Trinajstić information content (AvgIpc) is 2.77. The second kappa shape index (κ2) is 29.3. The predicted octanol–water partition coefficient (Wildman–Crippen LogP) is 2.26. The largest absolute Gasteiger partial charge is 0.465 e. The van der Waals surface area contributed by atoms with Crippen LogP contribution >= 0.6 is 0 Å². The Labute approximate surface area is 223 Å². The lowest BCUT2D eigenvalue weighted by Gasteiger charge is -2.15. The zero-order chi connectivity index (χ0) is 29.8. The maximum atomic E-state index is 11.0. The number of carbonyl (C=O) groups is 6. The molecule has 0 heterocycles. The highest BCUT2D eigenvalue weighted by atomic mass is 16.5. The molecular weight excluding hydrogens is 480 g/mol. The van der Waals surface area contributed by atoms with Crippen molar-refractivity contribution in [3.05, 3.63) is 0 Å². The van der Waals surface area contributed by atoms with E-state index in [9.17, 15) is 28.8 Å². The molecule has 0 spiro atoms. The van der Waals surface area contributed by atoms with Crippen LogP contribution in [0.25, 0.3) is 0 Å². The maximum Gasteiger partial charge on any atom is 0.293 e. The third-order valence-electron chi connectivity index (χ3n) is 4.35.